The van der Waals surface area contributed by atoms with Crippen molar-refractivity contribution in [1.82, 2.24) is 14.8 Å². The summed E-state index contributed by atoms with van der Waals surface area (Å²) in [6.45, 7) is 4.23. The predicted molar refractivity (Wildman–Crippen MR) is 108 cm³/mol. The van der Waals surface area contributed by atoms with E-state index in [1.807, 2.05) is 24.5 Å². The van der Waals surface area contributed by atoms with Crippen molar-refractivity contribution in [2.45, 2.75) is 37.9 Å². The molecule has 8 heteroatoms. The first kappa shape index (κ1) is 18.9. The number of thioether (sulfide) groups is 1. The van der Waals surface area contributed by atoms with Crippen molar-refractivity contribution in [1.29, 1.82) is 0 Å². The van der Waals surface area contributed by atoms with Gasteiger partial charge in [0, 0.05) is 29.3 Å². The van der Waals surface area contributed by atoms with Gasteiger partial charge in [-0.2, -0.15) is 4.98 Å². The fraction of sp³-hybridized carbons (Fsp3) is 0.450. The van der Waals surface area contributed by atoms with Crippen LogP contribution in [0.15, 0.2) is 34.6 Å². The molecule has 1 aliphatic carbocycles. The molecule has 2 aromatic rings. The van der Waals surface area contributed by atoms with Crippen molar-refractivity contribution in [3.63, 3.8) is 0 Å². The molecule has 28 heavy (non-hydrogen) atoms. The first-order valence-corrected chi connectivity index (χ1v) is 10.3. The van der Waals surface area contributed by atoms with Gasteiger partial charge in [-0.25, -0.2) is 4.68 Å². The van der Waals surface area contributed by atoms with E-state index >= 15 is 0 Å². The largest absolute Gasteiger partial charge is 0.497 e. The zero-order chi connectivity index (χ0) is 20.1. The minimum Gasteiger partial charge on any atom is -0.497 e. The first-order chi connectivity index (χ1) is 13.4. The molecule has 0 fully saturated rings. The van der Waals surface area contributed by atoms with Gasteiger partial charge in [-0.05, 0) is 30.2 Å². The van der Waals surface area contributed by atoms with Crippen LogP contribution in [0.4, 0.5) is 5.95 Å². The fourth-order valence-corrected chi connectivity index (χ4v) is 4.36. The van der Waals surface area contributed by atoms with Gasteiger partial charge < -0.3 is 14.8 Å². The highest BCUT2D eigenvalue weighted by atomic mass is 32.2. The Bertz CT molecular complexity index is 980. The molecule has 0 saturated heterocycles. The number of fused-ring (bicyclic) bond motifs is 1. The molecule has 148 valence electrons. The van der Waals surface area contributed by atoms with Crippen molar-refractivity contribution >= 4 is 23.5 Å². The second kappa shape index (κ2) is 6.84. The summed E-state index contributed by atoms with van der Waals surface area (Å²) in [5.74, 6) is 2.14. The van der Waals surface area contributed by atoms with Crippen LogP contribution in [-0.4, -0.2) is 41.0 Å². The fourth-order valence-electron chi connectivity index (χ4n) is 4.01. The number of anilines is 1. The number of benzene rings is 1. The zero-order valence-corrected chi connectivity index (χ0v) is 17.5. The van der Waals surface area contributed by atoms with E-state index in [1.54, 1.807) is 18.9 Å². The molecule has 1 aromatic carbocycles. The predicted octanol–water partition coefficient (Wildman–Crippen LogP) is 3.68. The average molecular weight is 401 g/mol. The Morgan fingerprint density at radius 3 is 2.71 bits per heavy atom. The van der Waals surface area contributed by atoms with Crippen molar-refractivity contribution in [2.24, 2.45) is 5.41 Å². The van der Waals surface area contributed by atoms with E-state index in [2.05, 4.69) is 29.2 Å². The maximum atomic E-state index is 13.2. The summed E-state index contributed by atoms with van der Waals surface area (Å²) in [5.41, 5.74) is 2.44. The molecule has 0 spiro atoms. The van der Waals surface area contributed by atoms with E-state index in [0.29, 0.717) is 29.0 Å². The standard InChI is InChI=1S/C20H24N4O3S/c1-20(2)9-13-16(14(25)10-20)17(24-18(21-13)22-19(23-24)28-5)12-7-6-11(26-3)8-15(12)27-4/h6-8,17H,9-10H2,1-5H3,(H,21,22,23). The third-order valence-corrected chi connectivity index (χ3v) is 5.77. The highest BCUT2D eigenvalue weighted by Gasteiger charge is 2.42. The van der Waals surface area contributed by atoms with Gasteiger partial charge in [-0.1, -0.05) is 25.6 Å². The van der Waals surface area contributed by atoms with E-state index in [0.717, 1.165) is 23.3 Å². The maximum Gasteiger partial charge on any atom is 0.227 e. The molecule has 0 amide bonds. The molecule has 1 atom stereocenters. The van der Waals surface area contributed by atoms with Crippen LogP contribution < -0.4 is 14.8 Å². The third kappa shape index (κ3) is 3.05. The SMILES string of the molecule is COc1ccc(C2C3=C(CC(C)(C)CC3=O)Nc3nc(SC)nn32)c(OC)c1. The van der Waals surface area contributed by atoms with Crippen LogP contribution in [-0.2, 0) is 4.79 Å². The molecule has 1 N–H and O–H groups in total. The summed E-state index contributed by atoms with van der Waals surface area (Å²) in [7, 11) is 3.24. The Kier molecular flexibility index (Phi) is 4.61. The van der Waals surface area contributed by atoms with Gasteiger partial charge in [0.1, 0.15) is 17.5 Å². The monoisotopic (exact) mass is 400 g/mol. The Hall–Kier alpha value is -2.48. The van der Waals surface area contributed by atoms with Crippen LogP contribution in [0.5, 0.6) is 11.5 Å². The zero-order valence-electron chi connectivity index (χ0n) is 16.7. The number of hydrogen-bond donors (Lipinski definition) is 1. The van der Waals surface area contributed by atoms with E-state index in [1.165, 1.54) is 11.8 Å². The normalized spacial score (nSPS) is 20.3. The Morgan fingerprint density at radius 1 is 1.25 bits per heavy atom. The summed E-state index contributed by atoms with van der Waals surface area (Å²) in [6, 6.07) is 5.27. The third-order valence-electron chi connectivity index (χ3n) is 5.23. The number of methoxy groups -OCH3 is 2. The van der Waals surface area contributed by atoms with Gasteiger partial charge in [-0.3, -0.25) is 4.79 Å². The Labute approximate surface area is 168 Å². The van der Waals surface area contributed by atoms with Gasteiger partial charge in [0.25, 0.3) is 0 Å². The number of allylic oxidation sites excluding steroid dienone is 2. The number of rotatable bonds is 4. The van der Waals surface area contributed by atoms with Gasteiger partial charge in [-0.15, -0.1) is 5.10 Å². The van der Waals surface area contributed by atoms with Crippen LogP contribution in [0.1, 0.15) is 38.3 Å². The molecule has 2 aliphatic rings. The highest BCUT2D eigenvalue weighted by Crippen LogP contribution is 2.47. The lowest BCUT2D eigenvalue weighted by molar-refractivity contribution is -0.118. The summed E-state index contributed by atoms with van der Waals surface area (Å²) in [5, 5.41) is 8.67. The van der Waals surface area contributed by atoms with E-state index < -0.39 is 0 Å². The highest BCUT2D eigenvalue weighted by molar-refractivity contribution is 7.98. The number of ether oxygens (including phenoxy) is 2. The average Bonchev–Trinajstić information content (AvgIpc) is 3.07. The minimum atomic E-state index is -0.385. The molecule has 1 unspecified atom stereocenters. The quantitative estimate of drug-likeness (QED) is 0.785. The van der Waals surface area contributed by atoms with E-state index in [9.17, 15) is 4.79 Å². The van der Waals surface area contributed by atoms with Crippen LogP contribution in [0.3, 0.4) is 0 Å². The molecule has 1 aromatic heterocycles. The van der Waals surface area contributed by atoms with Gasteiger partial charge in [0.05, 0.1) is 14.2 Å². The first-order valence-electron chi connectivity index (χ1n) is 9.12. The summed E-state index contributed by atoms with van der Waals surface area (Å²) >= 11 is 1.47. The van der Waals surface area contributed by atoms with Gasteiger partial charge >= 0.3 is 0 Å². The number of carbonyl (C=O) groups is 1. The van der Waals surface area contributed by atoms with Crippen LogP contribution in [0, 0.1) is 5.41 Å². The minimum absolute atomic E-state index is 0.0952. The van der Waals surface area contributed by atoms with E-state index in [-0.39, 0.29) is 17.2 Å². The summed E-state index contributed by atoms with van der Waals surface area (Å²) in [6.07, 6.45) is 3.22. The molecular formula is C20H24N4O3S. The van der Waals surface area contributed by atoms with Crippen molar-refractivity contribution in [2.75, 3.05) is 25.8 Å². The smallest absolute Gasteiger partial charge is 0.227 e. The lowest BCUT2D eigenvalue weighted by Crippen LogP contribution is -2.36. The maximum absolute atomic E-state index is 13.2. The van der Waals surface area contributed by atoms with Gasteiger partial charge in [0.15, 0.2) is 5.78 Å². The second-order valence-electron chi connectivity index (χ2n) is 7.84. The van der Waals surface area contributed by atoms with Gasteiger partial charge in [0.2, 0.25) is 11.1 Å². The molecular weight excluding hydrogens is 376 g/mol. The molecule has 0 radical (unpaired) electrons. The topological polar surface area (TPSA) is 78.3 Å². The number of hydrogen-bond acceptors (Lipinski definition) is 7. The van der Waals surface area contributed by atoms with E-state index in [4.69, 9.17) is 9.47 Å². The Balaban J connectivity index is 1.93. The van der Waals surface area contributed by atoms with Crippen LogP contribution >= 0.6 is 11.8 Å². The molecule has 0 bridgehead atoms. The number of Topliss-reactive ketones (excluding diaryl/α,β-unsaturated/α-hetero) is 1. The lowest BCUT2D eigenvalue weighted by Gasteiger charge is -2.38. The molecule has 2 heterocycles. The molecule has 0 saturated carbocycles. The van der Waals surface area contributed by atoms with Crippen molar-refractivity contribution in [3.8, 4) is 11.5 Å². The number of carbonyl (C=O) groups excluding carboxylic acids is 1. The van der Waals surface area contributed by atoms with Crippen molar-refractivity contribution < 1.29 is 14.3 Å². The Morgan fingerprint density at radius 2 is 2.04 bits per heavy atom. The lowest BCUT2D eigenvalue weighted by atomic mass is 9.73. The summed E-state index contributed by atoms with van der Waals surface area (Å²) < 4.78 is 12.8. The molecule has 1 aliphatic heterocycles. The molecule has 7 nitrogen and oxygen atoms in total. The second-order valence-corrected chi connectivity index (χ2v) is 8.61. The number of nitrogens with one attached hydrogen (secondary N) is 1. The number of aromatic nitrogens is 3. The van der Waals surface area contributed by atoms with Crippen molar-refractivity contribution in [3.05, 3.63) is 35.0 Å². The summed E-state index contributed by atoms with van der Waals surface area (Å²) in [4.78, 5) is 17.8. The molecule has 4 rings (SSSR count). The number of nitrogens with zero attached hydrogens (tertiary/aromatic N) is 3. The van der Waals surface area contributed by atoms with Crippen LogP contribution in [0.2, 0.25) is 0 Å². The number of ketones is 1. The van der Waals surface area contributed by atoms with Crippen LogP contribution in [0.25, 0.3) is 0 Å².